The van der Waals surface area contributed by atoms with Crippen LogP contribution >= 0.6 is 34.2 Å². The minimum Gasteiger partial charge on any atom is -0.451 e. The molecular weight excluding hydrogens is 389 g/mol. The summed E-state index contributed by atoms with van der Waals surface area (Å²) in [6, 6.07) is 11.2. The highest BCUT2D eigenvalue weighted by atomic mass is 127. The third-order valence-electron chi connectivity index (χ3n) is 2.73. The predicted molar refractivity (Wildman–Crippen MR) is 88.4 cm³/mol. The molecule has 0 bridgehead atoms. The van der Waals surface area contributed by atoms with Gasteiger partial charge in [-0.3, -0.25) is 4.79 Å². The van der Waals surface area contributed by atoms with Crippen molar-refractivity contribution in [3.63, 3.8) is 0 Å². The first-order valence-corrected chi connectivity index (χ1v) is 7.44. The molecule has 1 aromatic heterocycles. The minimum atomic E-state index is -0.101. The molecular formula is C15H13ClINO2. The van der Waals surface area contributed by atoms with Crippen molar-refractivity contribution >= 4 is 46.2 Å². The van der Waals surface area contributed by atoms with E-state index in [9.17, 15) is 4.79 Å². The number of halogens is 2. The number of rotatable bonds is 4. The maximum atomic E-state index is 12.0. The standard InChI is InChI=1S/C15H13ClINO2/c1-18(10-11-4-2-3-5-13(11)16)15(19)9-7-12-6-8-14(17)20-12/h2-9H,10H2,1H3/b9-7+. The van der Waals surface area contributed by atoms with Crippen molar-refractivity contribution in [1.82, 2.24) is 4.90 Å². The molecule has 0 unspecified atom stereocenters. The number of furan rings is 1. The summed E-state index contributed by atoms with van der Waals surface area (Å²) in [7, 11) is 1.74. The van der Waals surface area contributed by atoms with E-state index in [0.717, 1.165) is 9.33 Å². The fourth-order valence-corrected chi connectivity index (χ4v) is 2.29. The van der Waals surface area contributed by atoms with Crippen LogP contribution in [0, 0.1) is 3.77 Å². The molecule has 1 amide bonds. The Hall–Kier alpha value is -1.27. The quantitative estimate of drug-likeness (QED) is 0.568. The highest BCUT2D eigenvalue weighted by Crippen LogP contribution is 2.17. The molecule has 0 atom stereocenters. The SMILES string of the molecule is CN(Cc1ccccc1Cl)C(=O)/C=C/c1ccc(I)o1. The molecule has 104 valence electrons. The first-order chi connectivity index (χ1) is 9.56. The van der Waals surface area contributed by atoms with Crippen LogP contribution in [-0.4, -0.2) is 17.9 Å². The van der Waals surface area contributed by atoms with Crippen molar-refractivity contribution < 1.29 is 9.21 Å². The number of carbonyl (C=O) groups excluding carboxylic acids is 1. The van der Waals surface area contributed by atoms with Gasteiger partial charge in [-0.05, 0) is 52.4 Å². The number of hydrogen-bond donors (Lipinski definition) is 0. The van der Waals surface area contributed by atoms with E-state index in [1.165, 1.54) is 6.08 Å². The van der Waals surface area contributed by atoms with Gasteiger partial charge in [0.1, 0.15) is 5.76 Å². The maximum Gasteiger partial charge on any atom is 0.246 e. The average Bonchev–Trinajstić information content (AvgIpc) is 2.84. The van der Waals surface area contributed by atoms with E-state index in [1.54, 1.807) is 18.0 Å². The number of hydrogen-bond acceptors (Lipinski definition) is 2. The number of nitrogens with zero attached hydrogens (tertiary/aromatic N) is 1. The van der Waals surface area contributed by atoms with Crippen molar-refractivity contribution in [2.24, 2.45) is 0 Å². The van der Waals surface area contributed by atoms with E-state index in [-0.39, 0.29) is 5.91 Å². The maximum absolute atomic E-state index is 12.0. The normalized spacial score (nSPS) is 10.9. The molecule has 0 fully saturated rings. The molecule has 2 rings (SSSR count). The van der Waals surface area contributed by atoms with Crippen LogP contribution in [0.4, 0.5) is 0 Å². The van der Waals surface area contributed by atoms with Crippen molar-refractivity contribution in [3.05, 3.63) is 62.6 Å². The summed E-state index contributed by atoms with van der Waals surface area (Å²) in [5.41, 5.74) is 0.922. The van der Waals surface area contributed by atoms with Gasteiger partial charge in [0.15, 0.2) is 3.77 Å². The van der Waals surface area contributed by atoms with Gasteiger partial charge in [-0.2, -0.15) is 0 Å². The zero-order valence-corrected chi connectivity index (χ0v) is 13.8. The lowest BCUT2D eigenvalue weighted by Gasteiger charge is -2.15. The van der Waals surface area contributed by atoms with Crippen LogP contribution in [0.3, 0.4) is 0 Å². The molecule has 0 saturated carbocycles. The summed E-state index contributed by atoms with van der Waals surface area (Å²) in [5, 5.41) is 0.664. The predicted octanol–water partition coefficient (Wildman–Crippen LogP) is 4.21. The van der Waals surface area contributed by atoms with Crippen LogP contribution in [0.2, 0.25) is 5.02 Å². The fraction of sp³-hybridized carbons (Fsp3) is 0.133. The van der Waals surface area contributed by atoms with Crippen molar-refractivity contribution in [1.29, 1.82) is 0 Å². The zero-order valence-electron chi connectivity index (χ0n) is 10.8. The summed E-state index contributed by atoms with van der Waals surface area (Å²) in [4.78, 5) is 13.6. The van der Waals surface area contributed by atoms with Gasteiger partial charge < -0.3 is 9.32 Å². The molecule has 0 saturated heterocycles. The molecule has 0 aliphatic heterocycles. The fourth-order valence-electron chi connectivity index (χ4n) is 1.66. The minimum absolute atomic E-state index is 0.101. The van der Waals surface area contributed by atoms with Gasteiger partial charge in [0.05, 0.1) is 0 Å². The summed E-state index contributed by atoms with van der Waals surface area (Å²) in [6.07, 6.45) is 3.15. The molecule has 0 spiro atoms. The molecule has 0 radical (unpaired) electrons. The third-order valence-corrected chi connectivity index (χ3v) is 3.67. The van der Waals surface area contributed by atoms with Crippen molar-refractivity contribution in [2.75, 3.05) is 7.05 Å². The lowest BCUT2D eigenvalue weighted by molar-refractivity contribution is -0.125. The average molecular weight is 402 g/mol. The smallest absolute Gasteiger partial charge is 0.246 e. The Labute approximate surface area is 136 Å². The van der Waals surface area contributed by atoms with Gasteiger partial charge in [-0.1, -0.05) is 29.8 Å². The molecule has 20 heavy (non-hydrogen) atoms. The highest BCUT2D eigenvalue weighted by Gasteiger charge is 2.08. The van der Waals surface area contributed by atoms with Crippen LogP contribution in [0.25, 0.3) is 6.08 Å². The van der Waals surface area contributed by atoms with Gasteiger partial charge in [0.2, 0.25) is 5.91 Å². The molecule has 0 N–H and O–H groups in total. The molecule has 2 aromatic rings. The molecule has 3 nitrogen and oxygen atoms in total. The summed E-state index contributed by atoms with van der Waals surface area (Å²) < 4.78 is 6.15. The van der Waals surface area contributed by atoms with Crippen molar-refractivity contribution in [3.8, 4) is 0 Å². The lowest BCUT2D eigenvalue weighted by Crippen LogP contribution is -2.24. The topological polar surface area (TPSA) is 33.5 Å². The van der Waals surface area contributed by atoms with E-state index in [4.69, 9.17) is 16.0 Å². The van der Waals surface area contributed by atoms with Gasteiger partial charge in [0, 0.05) is 24.7 Å². The Kier molecular flexibility index (Phi) is 5.25. The Bertz CT molecular complexity index is 636. The van der Waals surface area contributed by atoms with Gasteiger partial charge >= 0.3 is 0 Å². The van der Waals surface area contributed by atoms with Crippen LogP contribution in [0.5, 0.6) is 0 Å². The monoisotopic (exact) mass is 401 g/mol. The lowest BCUT2D eigenvalue weighted by atomic mass is 10.2. The Morgan fingerprint density at radius 1 is 1.35 bits per heavy atom. The Balaban J connectivity index is 1.99. The van der Waals surface area contributed by atoms with E-state index >= 15 is 0 Å². The zero-order chi connectivity index (χ0) is 14.5. The van der Waals surface area contributed by atoms with Crippen LogP contribution in [-0.2, 0) is 11.3 Å². The second-order valence-corrected chi connectivity index (χ2v) is 5.73. The third kappa shape index (κ3) is 4.11. The molecule has 0 aliphatic rings. The summed E-state index contributed by atoms with van der Waals surface area (Å²) in [5.74, 6) is 0.560. The van der Waals surface area contributed by atoms with Gasteiger partial charge in [-0.25, -0.2) is 0 Å². The highest BCUT2D eigenvalue weighted by molar-refractivity contribution is 14.1. The number of likely N-dealkylation sites (N-methyl/N-ethyl adjacent to an activating group) is 1. The number of benzene rings is 1. The van der Waals surface area contributed by atoms with Crippen LogP contribution in [0.1, 0.15) is 11.3 Å². The molecule has 1 heterocycles. The van der Waals surface area contributed by atoms with E-state index in [1.807, 2.05) is 36.4 Å². The molecule has 5 heteroatoms. The van der Waals surface area contributed by atoms with Gasteiger partial charge in [0.25, 0.3) is 0 Å². The number of amides is 1. The van der Waals surface area contributed by atoms with E-state index in [0.29, 0.717) is 17.3 Å². The second-order valence-electron chi connectivity index (χ2n) is 4.26. The van der Waals surface area contributed by atoms with Crippen LogP contribution < -0.4 is 0 Å². The van der Waals surface area contributed by atoms with Crippen molar-refractivity contribution in [2.45, 2.75) is 6.54 Å². The molecule has 1 aromatic carbocycles. The van der Waals surface area contributed by atoms with E-state index in [2.05, 4.69) is 22.6 Å². The number of carbonyl (C=O) groups is 1. The largest absolute Gasteiger partial charge is 0.451 e. The summed E-state index contributed by atoms with van der Waals surface area (Å²) in [6.45, 7) is 0.471. The first kappa shape index (κ1) is 15.1. The van der Waals surface area contributed by atoms with Gasteiger partial charge in [-0.15, -0.1) is 0 Å². The summed E-state index contributed by atoms with van der Waals surface area (Å²) >= 11 is 8.16. The Morgan fingerprint density at radius 2 is 2.10 bits per heavy atom. The van der Waals surface area contributed by atoms with Crippen LogP contribution in [0.15, 0.2) is 46.9 Å². The second kappa shape index (κ2) is 6.95. The first-order valence-electron chi connectivity index (χ1n) is 5.98. The van der Waals surface area contributed by atoms with E-state index < -0.39 is 0 Å². The molecule has 0 aliphatic carbocycles. The Morgan fingerprint density at radius 3 is 2.75 bits per heavy atom.